The Morgan fingerprint density at radius 1 is 0.810 bits per heavy atom. The Morgan fingerprint density at radius 2 is 1.43 bits per heavy atom. The molecule has 2 amide bonds. The highest BCUT2D eigenvalue weighted by Gasteiger charge is 2.44. The first-order chi connectivity index (χ1) is 20.6. The number of hydrogen-bond acceptors (Lipinski definition) is 4. The van der Waals surface area contributed by atoms with E-state index in [4.69, 9.17) is 9.47 Å². The van der Waals surface area contributed by atoms with E-state index in [1.165, 1.54) is 21.9 Å². The fourth-order valence-electron chi connectivity index (χ4n) is 7.31. The molecule has 3 aliphatic heterocycles. The summed E-state index contributed by atoms with van der Waals surface area (Å²) >= 11 is 0. The molecule has 3 aliphatic rings. The first-order valence-electron chi connectivity index (χ1n) is 14.7. The number of amides is 2. The fourth-order valence-corrected chi connectivity index (χ4v) is 7.31. The first-order valence-corrected chi connectivity index (χ1v) is 14.7. The number of nitrogens with zero attached hydrogens (tertiary/aromatic N) is 2. The van der Waals surface area contributed by atoms with E-state index in [-0.39, 0.29) is 29.6 Å². The summed E-state index contributed by atoms with van der Waals surface area (Å²) in [4.78, 5) is 37.6. The standard InChI is InChI=1S/C34H32N4O4/c39-32-17-22(21-38(32)23-9-10-30-31(18-23)42-16-15-41-30)33(40)37-13-11-34(12-14-37,26-19-35-28-7-3-1-5-24(26)28)27-20-36-29-8-4-2-6-25(27)29/h1-10,18-20,22,35-36H,11-17,21H2/t22-/m1/s1. The van der Waals surface area contributed by atoms with Gasteiger partial charge in [0.2, 0.25) is 11.8 Å². The van der Waals surface area contributed by atoms with Crippen LogP contribution in [0.25, 0.3) is 21.8 Å². The van der Waals surface area contributed by atoms with Gasteiger partial charge in [-0.3, -0.25) is 9.59 Å². The van der Waals surface area contributed by atoms with Gasteiger partial charge in [0.25, 0.3) is 0 Å². The van der Waals surface area contributed by atoms with Crippen LogP contribution in [0.5, 0.6) is 11.5 Å². The van der Waals surface area contributed by atoms with Crippen molar-refractivity contribution in [1.29, 1.82) is 0 Å². The van der Waals surface area contributed by atoms with Crippen LogP contribution in [0.2, 0.25) is 0 Å². The summed E-state index contributed by atoms with van der Waals surface area (Å²) in [6.07, 6.45) is 6.14. The number of carbonyl (C=O) groups excluding carboxylic acids is 2. The molecule has 8 heteroatoms. The Morgan fingerprint density at radius 3 is 2.10 bits per heavy atom. The van der Waals surface area contributed by atoms with Crippen molar-refractivity contribution in [3.8, 4) is 11.5 Å². The number of fused-ring (bicyclic) bond motifs is 3. The molecule has 3 aromatic carbocycles. The van der Waals surface area contributed by atoms with E-state index in [0.717, 1.165) is 29.6 Å². The number of carbonyl (C=O) groups is 2. The Bertz CT molecular complexity index is 1750. The number of hydrogen-bond donors (Lipinski definition) is 2. The number of aromatic nitrogens is 2. The Hall–Kier alpha value is -4.72. The summed E-state index contributed by atoms with van der Waals surface area (Å²) in [6, 6.07) is 22.4. The lowest BCUT2D eigenvalue weighted by Gasteiger charge is -2.43. The van der Waals surface area contributed by atoms with Crippen LogP contribution >= 0.6 is 0 Å². The maximum absolute atomic E-state index is 13.9. The summed E-state index contributed by atoms with van der Waals surface area (Å²) in [5.41, 5.74) is 5.28. The van der Waals surface area contributed by atoms with E-state index in [9.17, 15) is 9.59 Å². The average Bonchev–Trinajstić information content (AvgIpc) is 3.78. The maximum Gasteiger partial charge on any atom is 0.228 e. The van der Waals surface area contributed by atoms with Crippen molar-refractivity contribution in [3.05, 3.63) is 90.3 Å². The Kier molecular flexibility index (Phi) is 5.77. The molecule has 0 saturated carbocycles. The highest BCUT2D eigenvalue weighted by molar-refractivity contribution is 6.00. The van der Waals surface area contributed by atoms with Gasteiger partial charge < -0.3 is 29.2 Å². The van der Waals surface area contributed by atoms with Crippen molar-refractivity contribution in [3.63, 3.8) is 0 Å². The SMILES string of the molecule is O=C([C@@H]1CC(=O)N(c2ccc3c(c2)OCCO3)C1)N1CCC(c2c[nH]c3ccccc23)(c2c[nH]c3ccccc23)CC1. The molecular formula is C34H32N4O4. The van der Waals surface area contributed by atoms with E-state index in [1.807, 2.05) is 23.1 Å². The first kappa shape index (κ1) is 25.0. The number of H-pyrrole nitrogens is 2. The molecule has 5 aromatic rings. The van der Waals surface area contributed by atoms with E-state index in [2.05, 4.69) is 70.9 Å². The summed E-state index contributed by atoms with van der Waals surface area (Å²) < 4.78 is 11.4. The van der Waals surface area contributed by atoms with Gasteiger partial charge in [0.15, 0.2) is 11.5 Å². The van der Waals surface area contributed by atoms with Crippen molar-refractivity contribution in [2.45, 2.75) is 24.7 Å². The topological polar surface area (TPSA) is 90.7 Å². The van der Waals surface area contributed by atoms with E-state index in [0.29, 0.717) is 44.3 Å². The highest BCUT2D eigenvalue weighted by atomic mass is 16.6. The summed E-state index contributed by atoms with van der Waals surface area (Å²) in [5.74, 6) is 0.998. The number of anilines is 1. The van der Waals surface area contributed by atoms with Gasteiger partial charge in [-0.2, -0.15) is 0 Å². The second kappa shape index (κ2) is 9.69. The Labute approximate surface area is 243 Å². The second-order valence-electron chi connectivity index (χ2n) is 11.6. The number of likely N-dealkylation sites (tertiary alicyclic amines) is 1. The molecule has 5 heterocycles. The predicted octanol–water partition coefficient (Wildman–Crippen LogP) is 5.38. The van der Waals surface area contributed by atoms with Gasteiger partial charge in [0.05, 0.1) is 5.92 Å². The lowest BCUT2D eigenvalue weighted by molar-refractivity contribution is -0.137. The van der Waals surface area contributed by atoms with Crippen molar-refractivity contribution >= 4 is 39.3 Å². The van der Waals surface area contributed by atoms with Crippen molar-refractivity contribution in [2.24, 2.45) is 5.92 Å². The maximum atomic E-state index is 13.9. The number of nitrogens with one attached hydrogen (secondary N) is 2. The summed E-state index contributed by atoms with van der Waals surface area (Å²) in [5, 5.41) is 2.44. The normalized spacial score (nSPS) is 20.0. The molecule has 8 rings (SSSR count). The van der Waals surface area contributed by atoms with Gasteiger partial charge >= 0.3 is 0 Å². The number of para-hydroxylation sites is 2. The van der Waals surface area contributed by atoms with E-state index in [1.54, 1.807) is 4.90 Å². The predicted molar refractivity (Wildman–Crippen MR) is 161 cm³/mol. The molecular weight excluding hydrogens is 528 g/mol. The Balaban J connectivity index is 1.06. The molecule has 0 bridgehead atoms. The van der Waals surface area contributed by atoms with Crippen molar-refractivity contribution < 1.29 is 19.1 Å². The monoisotopic (exact) mass is 560 g/mol. The lowest BCUT2D eigenvalue weighted by Crippen LogP contribution is -2.47. The molecule has 42 heavy (non-hydrogen) atoms. The molecule has 0 radical (unpaired) electrons. The number of benzene rings is 3. The number of aromatic amines is 2. The average molecular weight is 561 g/mol. The zero-order chi connectivity index (χ0) is 28.3. The summed E-state index contributed by atoms with van der Waals surface area (Å²) in [6.45, 7) is 2.64. The quantitative estimate of drug-likeness (QED) is 0.309. The number of ether oxygens (including phenoxy) is 2. The van der Waals surface area contributed by atoms with Crippen LogP contribution in [0, 0.1) is 5.92 Å². The summed E-state index contributed by atoms with van der Waals surface area (Å²) in [7, 11) is 0. The zero-order valence-electron chi connectivity index (χ0n) is 23.3. The molecule has 2 saturated heterocycles. The smallest absolute Gasteiger partial charge is 0.228 e. The van der Waals surface area contributed by atoms with Gasteiger partial charge in [-0.05, 0) is 48.2 Å². The fraction of sp³-hybridized carbons (Fsp3) is 0.294. The zero-order valence-corrected chi connectivity index (χ0v) is 23.3. The van der Waals surface area contributed by atoms with Gasteiger partial charge in [0, 0.05) is 77.4 Å². The highest BCUT2D eigenvalue weighted by Crippen LogP contribution is 2.47. The number of rotatable bonds is 4. The molecule has 0 unspecified atom stereocenters. The van der Waals surface area contributed by atoms with Crippen LogP contribution in [0.1, 0.15) is 30.4 Å². The van der Waals surface area contributed by atoms with Crippen LogP contribution in [0.4, 0.5) is 5.69 Å². The minimum atomic E-state index is -0.362. The van der Waals surface area contributed by atoms with Crippen molar-refractivity contribution in [2.75, 3.05) is 37.7 Å². The van der Waals surface area contributed by atoms with Crippen LogP contribution in [0.3, 0.4) is 0 Å². The lowest BCUT2D eigenvalue weighted by atomic mass is 9.67. The van der Waals surface area contributed by atoms with Crippen LogP contribution in [-0.4, -0.2) is 59.5 Å². The van der Waals surface area contributed by atoms with Crippen LogP contribution in [-0.2, 0) is 15.0 Å². The molecule has 212 valence electrons. The largest absolute Gasteiger partial charge is 0.486 e. The minimum Gasteiger partial charge on any atom is -0.486 e. The molecule has 8 nitrogen and oxygen atoms in total. The third-order valence-corrected chi connectivity index (χ3v) is 9.45. The second-order valence-corrected chi connectivity index (χ2v) is 11.6. The van der Waals surface area contributed by atoms with E-state index < -0.39 is 0 Å². The van der Waals surface area contributed by atoms with Crippen LogP contribution in [0.15, 0.2) is 79.1 Å². The molecule has 1 atom stereocenters. The van der Waals surface area contributed by atoms with Gasteiger partial charge in [0.1, 0.15) is 13.2 Å². The van der Waals surface area contributed by atoms with E-state index >= 15 is 0 Å². The van der Waals surface area contributed by atoms with Crippen molar-refractivity contribution in [1.82, 2.24) is 14.9 Å². The third kappa shape index (κ3) is 3.89. The molecule has 2 aromatic heterocycles. The molecule has 0 spiro atoms. The van der Waals surface area contributed by atoms with Gasteiger partial charge in [-0.15, -0.1) is 0 Å². The van der Waals surface area contributed by atoms with Gasteiger partial charge in [-0.25, -0.2) is 0 Å². The molecule has 0 aliphatic carbocycles. The third-order valence-electron chi connectivity index (χ3n) is 9.45. The minimum absolute atomic E-state index is 0.0334. The molecule has 2 fully saturated rings. The number of piperidine rings is 1. The van der Waals surface area contributed by atoms with Crippen LogP contribution < -0.4 is 14.4 Å². The van der Waals surface area contributed by atoms with Gasteiger partial charge in [-0.1, -0.05) is 36.4 Å². The molecule has 2 N–H and O–H groups in total.